The molecule has 0 aliphatic carbocycles. The zero-order chi connectivity index (χ0) is 20.7. The second kappa shape index (κ2) is 13.5. The monoisotopic (exact) mass is 395 g/mol. The lowest BCUT2D eigenvalue weighted by Gasteiger charge is -2.21. The Morgan fingerprint density at radius 2 is 1.14 bits per heavy atom. The molecule has 5 nitrogen and oxygen atoms in total. The molecule has 2 amide bonds. The molecule has 0 unspecified atom stereocenters. The number of carbonyl (C=O) groups is 2. The van der Waals surface area contributed by atoms with Crippen molar-refractivity contribution in [3.63, 3.8) is 0 Å². The minimum atomic E-state index is -0.102. The van der Waals surface area contributed by atoms with E-state index in [2.05, 4.69) is 17.6 Å². The van der Waals surface area contributed by atoms with E-state index in [1.165, 1.54) is 25.7 Å². The minimum Gasteiger partial charge on any atom is -0.325 e. The van der Waals surface area contributed by atoms with Crippen molar-refractivity contribution in [3.05, 3.63) is 60.7 Å². The molecule has 0 aliphatic heterocycles. The van der Waals surface area contributed by atoms with Gasteiger partial charge in [0.2, 0.25) is 11.8 Å². The zero-order valence-corrected chi connectivity index (χ0v) is 17.4. The fourth-order valence-corrected chi connectivity index (χ4v) is 3.18. The molecule has 2 aromatic rings. The number of hydrogen-bond donors (Lipinski definition) is 2. The third kappa shape index (κ3) is 9.90. The normalized spacial score (nSPS) is 10.7. The summed E-state index contributed by atoms with van der Waals surface area (Å²) in [6, 6.07) is 18.8. The predicted octanol–water partition coefficient (Wildman–Crippen LogP) is 4.93. The van der Waals surface area contributed by atoms with Gasteiger partial charge in [-0.3, -0.25) is 14.5 Å². The molecule has 0 spiro atoms. The van der Waals surface area contributed by atoms with Crippen LogP contribution in [0.15, 0.2) is 60.7 Å². The van der Waals surface area contributed by atoms with Gasteiger partial charge >= 0.3 is 0 Å². The molecule has 0 fully saturated rings. The second-order valence-corrected chi connectivity index (χ2v) is 7.31. The second-order valence-electron chi connectivity index (χ2n) is 7.31. The number of amides is 2. The van der Waals surface area contributed by atoms with Crippen LogP contribution < -0.4 is 10.6 Å². The summed E-state index contributed by atoms with van der Waals surface area (Å²) in [5, 5.41) is 5.80. The molecule has 0 bridgehead atoms. The van der Waals surface area contributed by atoms with Crippen LogP contribution in [0.25, 0.3) is 0 Å². The average Bonchev–Trinajstić information content (AvgIpc) is 2.72. The first-order valence-corrected chi connectivity index (χ1v) is 10.6. The van der Waals surface area contributed by atoms with E-state index >= 15 is 0 Å². The largest absolute Gasteiger partial charge is 0.325 e. The number of hydrogen-bond acceptors (Lipinski definition) is 3. The lowest BCUT2D eigenvalue weighted by molar-refractivity contribution is -0.120. The van der Waals surface area contributed by atoms with Crippen molar-refractivity contribution in [1.29, 1.82) is 0 Å². The van der Waals surface area contributed by atoms with Crippen molar-refractivity contribution in [2.75, 3.05) is 30.3 Å². The fraction of sp³-hybridized carbons (Fsp3) is 0.417. The summed E-state index contributed by atoms with van der Waals surface area (Å²) >= 11 is 0. The number of nitrogens with zero attached hydrogens (tertiary/aromatic N) is 1. The van der Waals surface area contributed by atoms with Crippen LogP contribution in [-0.2, 0) is 9.59 Å². The van der Waals surface area contributed by atoms with Gasteiger partial charge in [-0.25, -0.2) is 0 Å². The molecular formula is C24H33N3O2. The van der Waals surface area contributed by atoms with Gasteiger partial charge in [0.1, 0.15) is 0 Å². The molecule has 0 heterocycles. The SMILES string of the molecule is CCCCCCCCN(CC(=O)Nc1ccccc1)CC(=O)Nc1ccccc1. The minimum absolute atomic E-state index is 0.102. The molecule has 2 rings (SSSR count). The first kappa shape index (κ1) is 22.6. The average molecular weight is 396 g/mol. The van der Waals surface area contributed by atoms with Crippen LogP contribution in [0.3, 0.4) is 0 Å². The lowest BCUT2D eigenvalue weighted by Crippen LogP contribution is -2.39. The van der Waals surface area contributed by atoms with Crippen molar-refractivity contribution in [1.82, 2.24) is 4.90 Å². The number of carbonyl (C=O) groups excluding carboxylic acids is 2. The van der Waals surface area contributed by atoms with E-state index < -0.39 is 0 Å². The van der Waals surface area contributed by atoms with Crippen molar-refractivity contribution in [3.8, 4) is 0 Å². The van der Waals surface area contributed by atoms with E-state index in [9.17, 15) is 9.59 Å². The van der Waals surface area contributed by atoms with Gasteiger partial charge in [-0.1, -0.05) is 75.4 Å². The third-order valence-corrected chi connectivity index (χ3v) is 4.68. The fourth-order valence-electron chi connectivity index (χ4n) is 3.18. The maximum atomic E-state index is 12.5. The highest BCUT2D eigenvalue weighted by atomic mass is 16.2. The number of nitrogens with one attached hydrogen (secondary N) is 2. The lowest BCUT2D eigenvalue weighted by atomic mass is 10.1. The quantitative estimate of drug-likeness (QED) is 0.473. The molecule has 0 radical (unpaired) electrons. The van der Waals surface area contributed by atoms with Crippen LogP contribution in [0.5, 0.6) is 0 Å². The molecule has 0 saturated carbocycles. The van der Waals surface area contributed by atoms with E-state index in [4.69, 9.17) is 0 Å². The Labute approximate surface area is 174 Å². The molecule has 0 atom stereocenters. The van der Waals surface area contributed by atoms with Crippen LogP contribution in [0.4, 0.5) is 11.4 Å². The highest BCUT2D eigenvalue weighted by molar-refractivity contribution is 5.94. The van der Waals surface area contributed by atoms with Crippen molar-refractivity contribution < 1.29 is 9.59 Å². The molecule has 29 heavy (non-hydrogen) atoms. The Hall–Kier alpha value is -2.66. The molecule has 5 heteroatoms. The standard InChI is InChI=1S/C24H33N3O2/c1-2-3-4-5-6-13-18-27(19-23(28)25-21-14-9-7-10-15-21)20-24(29)26-22-16-11-8-12-17-22/h7-12,14-17H,2-6,13,18-20H2,1H3,(H,25,28)(H,26,29). The third-order valence-electron chi connectivity index (χ3n) is 4.68. The smallest absolute Gasteiger partial charge is 0.238 e. The van der Waals surface area contributed by atoms with Crippen LogP contribution in [-0.4, -0.2) is 36.3 Å². The Morgan fingerprint density at radius 3 is 1.62 bits per heavy atom. The van der Waals surface area contributed by atoms with Gasteiger partial charge in [0, 0.05) is 11.4 Å². The number of para-hydroxylation sites is 2. The van der Waals surface area contributed by atoms with Crippen molar-refractivity contribution in [2.24, 2.45) is 0 Å². The summed E-state index contributed by atoms with van der Waals surface area (Å²) < 4.78 is 0. The molecule has 2 N–H and O–H groups in total. The predicted molar refractivity (Wildman–Crippen MR) is 120 cm³/mol. The summed E-state index contributed by atoms with van der Waals surface area (Å²) in [6.45, 7) is 3.34. The first-order chi connectivity index (χ1) is 14.2. The summed E-state index contributed by atoms with van der Waals surface area (Å²) in [6.07, 6.45) is 7.06. The summed E-state index contributed by atoms with van der Waals surface area (Å²) in [5.74, 6) is -0.204. The van der Waals surface area contributed by atoms with Gasteiger partial charge in [0.25, 0.3) is 0 Å². The van der Waals surface area contributed by atoms with Crippen LogP contribution in [0.2, 0.25) is 0 Å². The Bertz CT molecular complexity index is 664. The molecule has 0 aromatic heterocycles. The van der Waals surface area contributed by atoms with E-state index in [1.54, 1.807) is 0 Å². The van der Waals surface area contributed by atoms with E-state index in [0.717, 1.165) is 30.8 Å². The Kier molecular flexibility index (Phi) is 10.5. The maximum Gasteiger partial charge on any atom is 0.238 e. The van der Waals surface area contributed by atoms with Crippen molar-refractivity contribution in [2.45, 2.75) is 45.4 Å². The van der Waals surface area contributed by atoms with Gasteiger partial charge in [-0.15, -0.1) is 0 Å². The molecule has 2 aromatic carbocycles. The van der Waals surface area contributed by atoms with Gasteiger partial charge in [-0.2, -0.15) is 0 Å². The summed E-state index contributed by atoms with van der Waals surface area (Å²) in [4.78, 5) is 26.8. The van der Waals surface area contributed by atoms with Crippen LogP contribution in [0, 0.1) is 0 Å². The highest BCUT2D eigenvalue weighted by Crippen LogP contribution is 2.09. The number of unbranched alkanes of at least 4 members (excludes halogenated alkanes) is 5. The van der Waals surface area contributed by atoms with Gasteiger partial charge in [0.15, 0.2) is 0 Å². The zero-order valence-electron chi connectivity index (χ0n) is 17.4. The molecule has 0 saturated heterocycles. The van der Waals surface area contributed by atoms with Crippen LogP contribution >= 0.6 is 0 Å². The number of anilines is 2. The summed E-state index contributed by atoms with van der Waals surface area (Å²) in [7, 11) is 0. The van der Waals surface area contributed by atoms with Gasteiger partial charge < -0.3 is 10.6 Å². The summed E-state index contributed by atoms with van der Waals surface area (Å²) in [5.41, 5.74) is 1.54. The van der Waals surface area contributed by atoms with E-state index in [0.29, 0.717) is 0 Å². The Balaban J connectivity index is 1.85. The maximum absolute atomic E-state index is 12.5. The van der Waals surface area contributed by atoms with E-state index in [1.807, 2.05) is 65.6 Å². The molecule has 156 valence electrons. The highest BCUT2D eigenvalue weighted by Gasteiger charge is 2.15. The first-order valence-electron chi connectivity index (χ1n) is 10.6. The van der Waals surface area contributed by atoms with Crippen molar-refractivity contribution >= 4 is 23.2 Å². The van der Waals surface area contributed by atoms with Gasteiger partial charge in [-0.05, 0) is 37.2 Å². The molecule has 0 aliphatic rings. The Morgan fingerprint density at radius 1 is 0.690 bits per heavy atom. The topological polar surface area (TPSA) is 61.4 Å². The van der Waals surface area contributed by atoms with Crippen LogP contribution in [0.1, 0.15) is 45.4 Å². The molecular weight excluding hydrogens is 362 g/mol. The number of benzene rings is 2. The van der Waals surface area contributed by atoms with E-state index in [-0.39, 0.29) is 24.9 Å². The van der Waals surface area contributed by atoms with Gasteiger partial charge in [0.05, 0.1) is 13.1 Å². The number of rotatable bonds is 13.